The first-order chi connectivity index (χ1) is 8.86. The fourth-order valence-corrected chi connectivity index (χ4v) is 1.18. The molecule has 0 aliphatic rings. The number of hydrogen-bond acceptors (Lipinski definition) is 4. The standard InChI is InChI=1S/C12H14O3.CH4N2O/c1-3-15-12(14)8-11(13)10-6-4-9(2)5-7-10;2-1(3)4/h4-7H,3,8H2,1-2H3;(H4,2,3,4). The third-order valence-corrected chi connectivity index (χ3v) is 1.98. The van der Waals surface area contributed by atoms with Crippen LogP contribution in [0.1, 0.15) is 29.3 Å². The lowest BCUT2D eigenvalue weighted by Crippen LogP contribution is -2.18. The Labute approximate surface area is 111 Å². The molecule has 0 saturated heterocycles. The van der Waals surface area contributed by atoms with Crippen molar-refractivity contribution in [3.8, 4) is 0 Å². The lowest BCUT2D eigenvalue weighted by Gasteiger charge is -2.01. The van der Waals surface area contributed by atoms with Gasteiger partial charge in [0, 0.05) is 5.56 Å². The molecule has 19 heavy (non-hydrogen) atoms. The van der Waals surface area contributed by atoms with Gasteiger partial charge in [0.2, 0.25) is 0 Å². The highest BCUT2D eigenvalue weighted by Gasteiger charge is 2.11. The third-order valence-electron chi connectivity index (χ3n) is 1.98. The molecule has 0 unspecified atom stereocenters. The zero-order valence-electron chi connectivity index (χ0n) is 11.0. The highest BCUT2D eigenvalue weighted by molar-refractivity contribution is 6.05. The van der Waals surface area contributed by atoms with Gasteiger partial charge >= 0.3 is 12.0 Å². The average Bonchev–Trinajstić information content (AvgIpc) is 2.29. The van der Waals surface area contributed by atoms with Crippen molar-refractivity contribution >= 4 is 17.8 Å². The van der Waals surface area contributed by atoms with Crippen molar-refractivity contribution in [2.75, 3.05) is 6.61 Å². The van der Waals surface area contributed by atoms with E-state index in [-0.39, 0.29) is 12.2 Å². The number of carbonyl (C=O) groups is 3. The van der Waals surface area contributed by atoms with Crippen LogP contribution < -0.4 is 11.5 Å². The number of ether oxygens (including phenoxy) is 1. The van der Waals surface area contributed by atoms with Gasteiger partial charge in [-0.1, -0.05) is 29.8 Å². The molecule has 0 radical (unpaired) electrons. The minimum atomic E-state index is -0.833. The van der Waals surface area contributed by atoms with Crippen LogP contribution in [-0.2, 0) is 9.53 Å². The molecule has 6 heteroatoms. The van der Waals surface area contributed by atoms with Crippen molar-refractivity contribution in [1.29, 1.82) is 0 Å². The summed E-state index contributed by atoms with van der Waals surface area (Å²) in [6.45, 7) is 3.97. The molecule has 104 valence electrons. The van der Waals surface area contributed by atoms with Crippen LogP contribution in [0.15, 0.2) is 24.3 Å². The highest BCUT2D eigenvalue weighted by atomic mass is 16.5. The third kappa shape index (κ3) is 8.37. The number of ketones is 1. The Morgan fingerprint density at radius 1 is 1.11 bits per heavy atom. The minimum absolute atomic E-state index is 0.184. The molecule has 1 aromatic carbocycles. The van der Waals surface area contributed by atoms with Crippen LogP contribution in [0.3, 0.4) is 0 Å². The number of nitrogens with two attached hydrogens (primary N) is 2. The van der Waals surface area contributed by atoms with E-state index in [0.717, 1.165) is 5.56 Å². The number of rotatable bonds is 4. The van der Waals surface area contributed by atoms with Gasteiger partial charge in [0.05, 0.1) is 6.61 Å². The minimum Gasteiger partial charge on any atom is -0.466 e. The Balaban J connectivity index is 0.000000711. The first-order valence-corrected chi connectivity index (χ1v) is 5.67. The SMILES string of the molecule is CCOC(=O)CC(=O)c1ccc(C)cc1.NC(N)=O. The van der Waals surface area contributed by atoms with Crippen molar-refractivity contribution in [3.05, 3.63) is 35.4 Å². The molecule has 0 spiro atoms. The van der Waals surface area contributed by atoms with Crippen molar-refractivity contribution in [3.63, 3.8) is 0 Å². The normalized spacial score (nSPS) is 8.95. The summed E-state index contributed by atoms with van der Waals surface area (Å²) in [5.74, 6) is -0.670. The molecule has 0 fully saturated rings. The fourth-order valence-electron chi connectivity index (χ4n) is 1.18. The van der Waals surface area contributed by atoms with Crippen LogP contribution in [0.4, 0.5) is 4.79 Å². The summed E-state index contributed by atoms with van der Waals surface area (Å²) in [4.78, 5) is 31.6. The number of Topliss-reactive ketones (excluding diaryl/α,β-unsaturated/α-hetero) is 1. The average molecular weight is 266 g/mol. The van der Waals surface area contributed by atoms with Gasteiger partial charge in [0.15, 0.2) is 5.78 Å². The van der Waals surface area contributed by atoms with E-state index < -0.39 is 12.0 Å². The van der Waals surface area contributed by atoms with E-state index in [9.17, 15) is 9.59 Å². The Hall–Kier alpha value is -2.37. The zero-order valence-corrected chi connectivity index (χ0v) is 11.0. The largest absolute Gasteiger partial charge is 0.466 e. The fraction of sp³-hybridized carbons (Fsp3) is 0.308. The molecule has 4 N–H and O–H groups in total. The summed E-state index contributed by atoms with van der Waals surface area (Å²) in [6, 6.07) is 6.30. The number of primary amides is 2. The molecular weight excluding hydrogens is 248 g/mol. The van der Waals surface area contributed by atoms with Crippen molar-refractivity contribution in [2.45, 2.75) is 20.3 Å². The second kappa shape index (κ2) is 8.68. The van der Waals surface area contributed by atoms with E-state index in [0.29, 0.717) is 12.2 Å². The Morgan fingerprint density at radius 2 is 1.58 bits per heavy atom. The summed E-state index contributed by atoms with van der Waals surface area (Å²) in [7, 11) is 0. The first kappa shape index (κ1) is 16.6. The molecule has 0 saturated carbocycles. The molecule has 0 aromatic heterocycles. The van der Waals surface area contributed by atoms with Crippen LogP contribution in [0.5, 0.6) is 0 Å². The second-order valence-electron chi connectivity index (χ2n) is 3.67. The van der Waals surface area contributed by atoms with Gasteiger partial charge in [0.25, 0.3) is 0 Å². The van der Waals surface area contributed by atoms with Gasteiger partial charge in [-0.3, -0.25) is 9.59 Å². The second-order valence-corrected chi connectivity index (χ2v) is 3.67. The van der Waals surface area contributed by atoms with Crippen LogP contribution >= 0.6 is 0 Å². The van der Waals surface area contributed by atoms with Crippen LogP contribution in [-0.4, -0.2) is 24.4 Å². The number of benzene rings is 1. The smallest absolute Gasteiger partial charge is 0.313 e. The van der Waals surface area contributed by atoms with E-state index in [1.54, 1.807) is 19.1 Å². The number of aryl methyl sites for hydroxylation is 1. The Morgan fingerprint density at radius 3 is 2.00 bits per heavy atom. The van der Waals surface area contributed by atoms with E-state index >= 15 is 0 Å². The van der Waals surface area contributed by atoms with E-state index in [2.05, 4.69) is 11.5 Å². The van der Waals surface area contributed by atoms with Gasteiger partial charge in [-0.2, -0.15) is 0 Å². The summed E-state index contributed by atoms with van der Waals surface area (Å²) < 4.78 is 4.70. The summed E-state index contributed by atoms with van der Waals surface area (Å²) in [5.41, 5.74) is 10.1. The summed E-state index contributed by atoms with van der Waals surface area (Å²) in [5, 5.41) is 0. The topological polar surface area (TPSA) is 112 Å². The Bertz CT molecular complexity index is 436. The van der Waals surface area contributed by atoms with E-state index in [1.807, 2.05) is 19.1 Å². The molecular formula is C13H18N2O4. The van der Waals surface area contributed by atoms with E-state index in [4.69, 9.17) is 9.53 Å². The van der Waals surface area contributed by atoms with Gasteiger partial charge in [0.1, 0.15) is 6.42 Å². The van der Waals surface area contributed by atoms with Gasteiger partial charge in [-0.15, -0.1) is 0 Å². The molecule has 0 aliphatic carbocycles. The van der Waals surface area contributed by atoms with Crippen molar-refractivity contribution in [2.24, 2.45) is 11.5 Å². The van der Waals surface area contributed by atoms with E-state index in [1.165, 1.54) is 0 Å². The molecule has 2 amide bonds. The maximum Gasteiger partial charge on any atom is 0.313 e. The monoisotopic (exact) mass is 266 g/mol. The maximum absolute atomic E-state index is 11.5. The Kier molecular flexibility index (Phi) is 7.60. The lowest BCUT2D eigenvalue weighted by molar-refractivity contribution is -0.141. The van der Waals surface area contributed by atoms with Crippen LogP contribution in [0.2, 0.25) is 0 Å². The van der Waals surface area contributed by atoms with Gasteiger partial charge in [-0.25, -0.2) is 4.79 Å². The summed E-state index contributed by atoms with van der Waals surface area (Å²) >= 11 is 0. The number of amides is 2. The highest BCUT2D eigenvalue weighted by Crippen LogP contribution is 2.06. The molecule has 0 bridgehead atoms. The van der Waals surface area contributed by atoms with Crippen molar-refractivity contribution in [1.82, 2.24) is 0 Å². The van der Waals surface area contributed by atoms with Gasteiger partial charge in [-0.05, 0) is 13.8 Å². The quantitative estimate of drug-likeness (QED) is 0.483. The molecule has 1 rings (SSSR count). The molecule has 0 heterocycles. The number of hydrogen-bond donors (Lipinski definition) is 2. The first-order valence-electron chi connectivity index (χ1n) is 5.67. The maximum atomic E-state index is 11.5. The van der Waals surface area contributed by atoms with Crippen LogP contribution in [0.25, 0.3) is 0 Å². The number of urea groups is 1. The summed E-state index contributed by atoms with van der Waals surface area (Å²) in [6.07, 6.45) is -0.184. The molecule has 6 nitrogen and oxygen atoms in total. The molecule has 0 atom stereocenters. The molecule has 0 aliphatic heterocycles. The number of esters is 1. The van der Waals surface area contributed by atoms with Gasteiger partial charge < -0.3 is 16.2 Å². The van der Waals surface area contributed by atoms with Crippen molar-refractivity contribution < 1.29 is 19.1 Å². The zero-order chi connectivity index (χ0) is 14.8. The van der Waals surface area contributed by atoms with Crippen LogP contribution in [0, 0.1) is 6.92 Å². The lowest BCUT2D eigenvalue weighted by atomic mass is 10.1. The predicted octanol–water partition coefficient (Wildman–Crippen LogP) is 1.15. The number of carbonyl (C=O) groups excluding carboxylic acids is 3. The molecule has 1 aromatic rings. The predicted molar refractivity (Wildman–Crippen MR) is 70.5 cm³/mol.